The zero-order chi connectivity index (χ0) is 19.0. The molecule has 3 heterocycles. The lowest BCUT2D eigenvalue weighted by atomic mass is 10.1. The number of nitrogen functional groups attached to an aromatic ring is 1. The number of benzene rings is 1. The van der Waals surface area contributed by atoms with Crippen molar-refractivity contribution in [2.45, 2.75) is 6.92 Å². The van der Waals surface area contributed by atoms with Crippen molar-refractivity contribution in [1.29, 1.82) is 0 Å². The number of nitrogens with two attached hydrogens (primary N) is 1. The number of pyridine rings is 1. The van der Waals surface area contributed by atoms with Crippen molar-refractivity contribution in [2.24, 2.45) is 0 Å². The van der Waals surface area contributed by atoms with Gasteiger partial charge in [-0.1, -0.05) is 0 Å². The quantitative estimate of drug-likeness (QED) is 0.600. The van der Waals surface area contributed by atoms with Crippen LogP contribution in [0.25, 0.3) is 28.2 Å². The fourth-order valence-corrected chi connectivity index (χ4v) is 3.07. The molecule has 4 rings (SSSR count). The third-order valence-electron chi connectivity index (χ3n) is 4.39. The van der Waals surface area contributed by atoms with Crippen molar-refractivity contribution in [3.05, 3.63) is 54.4 Å². The largest absolute Gasteiger partial charge is 0.493 e. The SMILES string of the molecule is COc1ccc(-c2ccc3nc(C)c(-c4ccc(N)nc4)n3n2)cc1OC. The van der Waals surface area contributed by atoms with Crippen LogP contribution in [-0.4, -0.2) is 33.8 Å². The van der Waals surface area contributed by atoms with E-state index in [0.717, 1.165) is 33.9 Å². The number of methoxy groups -OCH3 is 2. The molecule has 2 N–H and O–H groups in total. The van der Waals surface area contributed by atoms with Gasteiger partial charge < -0.3 is 15.2 Å². The Morgan fingerprint density at radius 2 is 1.70 bits per heavy atom. The normalized spacial score (nSPS) is 10.9. The van der Waals surface area contributed by atoms with Gasteiger partial charge in [0.25, 0.3) is 0 Å². The number of imidazole rings is 1. The Kier molecular flexibility index (Phi) is 4.12. The summed E-state index contributed by atoms with van der Waals surface area (Å²) < 4.78 is 12.5. The molecule has 27 heavy (non-hydrogen) atoms. The van der Waals surface area contributed by atoms with Gasteiger partial charge in [0.05, 0.1) is 31.3 Å². The number of anilines is 1. The second kappa shape index (κ2) is 6.60. The maximum absolute atomic E-state index is 5.71. The van der Waals surface area contributed by atoms with Crippen LogP contribution in [0.5, 0.6) is 11.5 Å². The summed E-state index contributed by atoms with van der Waals surface area (Å²) in [6.07, 6.45) is 1.73. The van der Waals surface area contributed by atoms with Crippen LogP contribution < -0.4 is 15.2 Å². The summed E-state index contributed by atoms with van der Waals surface area (Å²) in [5.74, 6) is 1.81. The summed E-state index contributed by atoms with van der Waals surface area (Å²) >= 11 is 0. The summed E-state index contributed by atoms with van der Waals surface area (Å²) in [6.45, 7) is 1.95. The van der Waals surface area contributed by atoms with Gasteiger partial charge in [-0.15, -0.1) is 0 Å². The van der Waals surface area contributed by atoms with E-state index in [1.807, 2.05) is 47.8 Å². The van der Waals surface area contributed by atoms with Crippen LogP contribution in [0.4, 0.5) is 5.82 Å². The Morgan fingerprint density at radius 1 is 0.926 bits per heavy atom. The van der Waals surface area contributed by atoms with Crippen molar-refractivity contribution in [2.75, 3.05) is 20.0 Å². The molecule has 0 spiro atoms. The summed E-state index contributed by atoms with van der Waals surface area (Å²) in [5, 5.41) is 4.79. The highest BCUT2D eigenvalue weighted by atomic mass is 16.5. The Balaban J connectivity index is 1.87. The minimum Gasteiger partial charge on any atom is -0.493 e. The van der Waals surface area contributed by atoms with E-state index in [1.165, 1.54) is 0 Å². The van der Waals surface area contributed by atoms with Crippen LogP contribution in [0, 0.1) is 6.92 Å². The van der Waals surface area contributed by atoms with Gasteiger partial charge in [-0.05, 0) is 49.4 Å². The molecule has 0 radical (unpaired) electrons. The lowest BCUT2D eigenvalue weighted by molar-refractivity contribution is 0.355. The number of aryl methyl sites for hydroxylation is 1. The van der Waals surface area contributed by atoms with Gasteiger partial charge >= 0.3 is 0 Å². The summed E-state index contributed by atoms with van der Waals surface area (Å²) in [6, 6.07) is 13.3. The van der Waals surface area contributed by atoms with Crippen molar-refractivity contribution in [3.63, 3.8) is 0 Å². The molecule has 0 fully saturated rings. The predicted molar refractivity (Wildman–Crippen MR) is 104 cm³/mol. The second-order valence-corrected chi connectivity index (χ2v) is 6.08. The van der Waals surface area contributed by atoms with Gasteiger partial charge in [0.1, 0.15) is 5.82 Å². The van der Waals surface area contributed by atoms with E-state index in [4.69, 9.17) is 20.3 Å². The highest BCUT2D eigenvalue weighted by Gasteiger charge is 2.14. The van der Waals surface area contributed by atoms with Crippen molar-refractivity contribution in [1.82, 2.24) is 19.6 Å². The molecule has 0 aliphatic rings. The van der Waals surface area contributed by atoms with Gasteiger partial charge in [-0.25, -0.2) is 14.5 Å². The van der Waals surface area contributed by atoms with E-state index < -0.39 is 0 Å². The molecular formula is C20H19N5O2. The number of aromatic nitrogens is 4. The lowest BCUT2D eigenvalue weighted by Gasteiger charge is -2.10. The number of rotatable bonds is 4. The van der Waals surface area contributed by atoms with E-state index in [-0.39, 0.29) is 0 Å². The van der Waals surface area contributed by atoms with Crippen LogP contribution >= 0.6 is 0 Å². The van der Waals surface area contributed by atoms with Crippen LogP contribution in [0.15, 0.2) is 48.7 Å². The Hall–Kier alpha value is -3.61. The topological polar surface area (TPSA) is 87.6 Å². The average Bonchev–Trinajstić information content (AvgIpc) is 3.03. The summed E-state index contributed by atoms with van der Waals surface area (Å²) in [4.78, 5) is 8.79. The fraction of sp³-hybridized carbons (Fsp3) is 0.150. The number of nitrogens with zero attached hydrogens (tertiary/aromatic N) is 4. The molecule has 0 aliphatic heterocycles. The first-order valence-electron chi connectivity index (χ1n) is 8.41. The average molecular weight is 361 g/mol. The number of ether oxygens (including phenoxy) is 2. The monoisotopic (exact) mass is 361 g/mol. The molecular weight excluding hydrogens is 342 g/mol. The first kappa shape index (κ1) is 16.8. The maximum Gasteiger partial charge on any atom is 0.161 e. The molecule has 7 heteroatoms. The van der Waals surface area contributed by atoms with Crippen molar-refractivity contribution < 1.29 is 9.47 Å². The third-order valence-corrected chi connectivity index (χ3v) is 4.39. The number of hydrogen-bond acceptors (Lipinski definition) is 6. The Morgan fingerprint density at radius 3 is 2.41 bits per heavy atom. The fourth-order valence-electron chi connectivity index (χ4n) is 3.07. The van der Waals surface area contributed by atoms with Gasteiger partial charge in [0.15, 0.2) is 17.1 Å². The van der Waals surface area contributed by atoms with Gasteiger partial charge in [0.2, 0.25) is 0 Å². The summed E-state index contributed by atoms with van der Waals surface area (Å²) in [7, 11) is 3.23. The molecule has 4 aromatic rings. The second-order valence-electron chi connectivity index (χ2n) is 6.08. The first-order valence-corrected chi connectivity index (χ1v) is 8.41. The first-order chi connectivity index (χ1) is 13.1. The van der Waals surface area contributed by atoms with Gasteiger partial charge in [0, 0.05) is 17.3 Å². The molecule has 0 amide bonds. The van der Waals surface area contributed by atoms with Crippen molar-refractivity contribution in [3.8, 4) is 34.0 Å². The molecule has 0 unspecified atom stereocenters. The van der Waals surface area contributed by atoms with E-state index >= 15 is 0 Å². The minimum atomic E-state index is 0.476. The van der Waals surface area contributed by atoms with Crippen LogP contribution in [0.3, 0.4) is 0 Å². The summed E-state index contributed by atoms with van der Waals surface area (Å²) in [5.41, 5.74) is 10.9. The van der Waals surface area contributed by atoms with Crippen LogP contribution in [0.2, 0.25) is 0 Å². The molecule has 1 aromatic carbocycles. The molecule has 136 valence electrons. The van der Waals surface area contributed by atoms with Crippen LogP contribution in [0.1, 0.15) is 5.69 Å². The molecule has 0 bridgehead atoms. The Labute approximate surface area is 156 Å². The standard InChI is InChI=1S/C20H19N5O2/c1-12-20(14-5-8-18(21)22-11-14)25-19(23-12)9-6-15(24-25)13-4-7-16(26-2)17(10-13)27-3/h4-11H,1-3H3,(H2,21,22). The molecule has 7 nitrogen and oxygen atoms in total. The van der Waals surface area contributed by atoms with Crippen molar-refractivity contribution >= 4 is 11.5 Å². The number of hydrogen-bond donors (Lipinski definition) is 1. The lowest BCUT2D eigenvalue weighted by Crippen LogP contribution is -1.98. The highest BCUT2D eigenvalue weighted by Crippen LogP contribution is 2.32. The zero-order valence-electron chi connectivity index (χ0n) is 15.3. The molecule has 0 saturated carbocycles. The molecule has 0 aliphatic carbocycles. The number of fused-ring (bicyclic) bond motifs is 1. The smallest absolute Gasteiger partial charge is 0.161 e. The third kappa shape index (κ3) is 2.93. The molecule has 3 aromatic heterocycles. The Bertz CT molecular complexity index is 1120. The van der Waals surface area contributed by atoms with E-state index in [9.17, 15) is 0 Å². The zero-order valence-corrected chi connectivity index (χ0v) is 15.3. The van der Waals surface area contributed by atoms with Gasteiger partial charge in [-0.3, -0.25) is 0 Å². The van der Waals surface area contributed by atoms with E-state index in [0.29, 0.717) is 17.3 Å². The van der Waals surface area contributed by atoms with Gasteiger partial charge in [-0.2, -0.15) is 5.10 Å². The van der Waals surface area contributed by atoms with E-state index in [1.54, 1.807) is 26.5 Å². The van der Waals surface area contributed by atoms with E-state index in [2.05, 4.69) is 9.97 Å². The highest BCUT2D eigenvalue weighted by molar-refractivity contribution is 5.69. The minimum absolute atomic E-state index is 0.476. The van der Waals surface area contributed by atoms with Crippen LogP contribution in [-0.2, 0) is 0 Å². The molecule has 0 atom stereocenters. The molecule has 0 saturated heterocycles. The predicted octanol–water partition coefficient (Wildman–Crippen LogP) is 3.37. The maximum atomic E-state index is 5.71.